The monoisotopic (exact) mass is 273 g/mol. The van der Waals surface area contributed by atoms with Crippen LogP contribution in [0.15, 0.2) is 18.2 Å². The van der Waals surface area contributed by atoms with Crippen LogP contribution in [0.2, 0.25) is 5.02 Å². The predicted molar refractivity (Wildman–Crippen MR) is 68.4 cm³/mol. The Morgan fingerprint density at radius 1 is 1.50 bits per heavy atom. The minimum absolute atomic E-state index is 0.0807. The first-order chi connectivity index (χ1) is 8.66. The highest BCUT2D eigenvalue weighted by Gasteiger charge is 2.15. The van der Waals surface area contributed by atoms with E-state index in [2.05, 4.69) is 5.32 Å². The minimum atomic E-state index is -0.392. The summed E-state index contributed by atoms with van der Waals surface area (Å²) in [5.74, 6) is -0.392. The first-order valence-corrected chi connectivity index (χ1v) is 6.42. The summed E-state index contributed by atoms with van der Waals surface area (Å²) in [5.41, 5.74) is 0.957. The van der Waals surface area contributed by atoms with E-state index < -0.39 is 5.82 Å². The number of hydrogen-bond donors (Lipinski definition) is 1. The fourth-order valence-corrected chi connectivity index (χ4v) is 2.05. The molecule has 5 heteroatoms. The van der Waals surface area contributed by atoms with Crippen LogP contribution in [0.3, 0.4) is 0 Å². The summed E-state index contributed by atoms with van der Waals surface area (Å²) in [4.78, 5) is 0. The molecule has 2 rings (SSSR count). The molecule has 0 bridgehead atoms. The van der Waals surface area contributed by atoms with Gasteiger partial charge in [0.05, 0.1) is 30.9 Å². The lowest BCUT2D eigenvalue weighted by Crippen LogP contribution is -2.38. The fraction of sp³-hybridized carbons (Fsp3) is 0.538. The van der Waals surface area contributed by atoms with Crippen molar-refractivity contribution >= 4 is 11.6 Å². The topological polar surface area (TPSA) is 30.5 Å². The standard InChI is InChI=1S/C13H17ClFNO2/c1-9(10-2-3-13(15)12(14)6-10)16-7-11-8-17-4-5-18-11/h2-3,6,9,11,16H,4-5,7-8H2,1H3. The minimum Gasteiger partial charge on any atom is -0.376 e. The largest absolute Gasteiger partial charge is 0.376 e. The lowest BCUT2D eigenvalue weighted by molar-refractivity contribution is -0.0869. The van der Waals surface area contributed by atoms with Gasteiger partial charge in [0.15, 0.2) is 0 Å². The van der Waals surface area contributed by atoms with Gasteiger partial charge in [0.2, 0.25) is 0 Å². The summed E-state index contributed by atoms with van der Waals surface area (Å²) in [7, 11) is 0. The van der Waals surface area contributed by atoms with Crippen molar-refractivity contribution in [2.24, 2.45) is 0 Å². The molecule has 0 amide bonds. The summed E-state index contributed by atoms with van der Waals surface area (Å²) in [6, 6.07) is 4.86. The maximum absolute atomic E-state index is 13.0. The predicted octanol–water partition coefficient (Wildman–Crippen LogP) is 2.55. The molecule has 1 aromatic rings. The van der Waals surface area contributed by atoms with Gasteiger partial charge < -0.3 is 14.8 Å². The van der Waals surface area contributed by atoms with Gasteiger partial charge in [-0.15, -0.1) is 0 Å². The van der Waals surface area contributed by atoms with Gasteiger partial charge in [-0.25, -0.2) is 4.39 Å². The van der Waals surface area contributed by atoms with E-state index in [1.807, 2.05) is 6.92 Å². The maximum atomic E-state index is 13.0. The summed E-state index contributed by atoms with van der Waals surface area (Å²) in [6.45, 7) is 4.63. The van der Waals surface area contributed by atoms with E-state index in [0.717, 1.165) is 5.56 Å². The Hall–Kier alpha value is -0.680. The molecule has 1 aliphatic rings. The number of rotatable bonds is 4. The lowest BCUT2D eigenvalue weighted by atomic mass is 10.1. The second-order valence-corrected chi connectivity index (χ2v) is 4.78. The summed E-state index contributed by atoms with van der Waals surface area (Å²) < 4.78 is 23.9. The van der Waals surface area contributed by atoms with Gasteiger partial charge in [0, 0.05) is 12.6 Å². The number of benzene rings is 1. The lowest BCUT2D eigenvalue weighted by Gasteiger charge is -2.25. The van der Waals surface area contributed by atoms with Crippen LogP contribution in [0.25, 0.3) is 0 Å². The van der Waals surface area contributed by atoms with Crippen molar-refractivity contribution in [1.82, 2.24) is 5.32 Å². The average molecular weight is 274 g/mol. The number of hydrogen-bond acceptors (Lipinski definition) is 3. The second kappa shape index (κ2) is 6.48. The first-order valence-electron chi connectivity index (χ1n) is 6.04. The normalized spacial score (nSPS) is 21.8. The molecule has 0 aromatic heterocycles. The number of halogens is 2. The number of nitrogens with one attached hydrogen (secondary N) is 1. The Kier molecular flexibility index (Phi) is 4.95. The van der Waals surface area contributed by atoms with E-state index >= 15 is 0 Å². The van der Waals surface area contributed by atoms with Crippen molar-refractivity contribution in [3.05, 3.63) is 34.6 Å². The first kappa shape index (κ1) is 13.7. The molecular weight excluding hydrogens is 257 g/mol. The average Bonchev–Trinajstić information content (AvgIpc) is 2.40. The van der Waals surface area contributed by atoms with Crippen molar-refractivity contribution < 1.29 is 13.9 Å². The van der Waals surface area contributed by atoms with Crippen molar-refractivity contribution in [1.29, 1.82) is 0 Å². The molecule has 2 unspecified atom stereocenters. The molecule has 18 heavy (non-hydrogen) atoms. The molecule has 1 saturated heterocycles. The van der Waals surface area contributed by atoms with Gasteiger partial charge in [0.25, 0.3) is 0 Å². The highest BCUT2D eigenvalue weighted by molar-refractivity contribution is 6.30. The molecule has 1 aliphatic heterocycles. The molecule has 100 valence electrons. The van der Waals surface area contributed by atoms with Crippen molar-refractivity contribution in [3.63, 3.8) is 0 Å². The second-order valence-electron chi connectivity index (χ2n) is 4.37. The molecule has 0 aliphatic carbocycles. The smallest absolute Gasteiger partial charge is 0.141 e. The van der Waals surface area contributed by atoms with Gasteiger partial charge in [-0.3, -0.25) is 0 Å². The highest BCUT2D eigenvalue weighted by atomic mass is 35.5. The van der Waals surface area contributed by atoms with E-state index in [9.17, 15) is 4.39 Å². The van der Waals surface area contributed by atoms with Gasteiger partial charge in [0.1, 0.15) is 5.82 Å². The van der Waals surface area contributed by atoms with Crippen molar-refractivity contribution in [3.8, 4) is 0 Å². The molecule has 2 atom stereocenters. The van der Waals surface area contributed by atoms with Gasteiger partial charge in [-0.2, -0.15) is 0 Å². The quantitative estimate of drug-likeness (QED) is 0.915. The highest BCUT2D eigenvalue weighted by Crippen LogP contribution is 2.20. The third-order valence-corrected chi connectivity index (χ3v) is 3.27. The van der Waals surface area contributed by atoms with Crippen molar-refractivity contribution in [2.75, 3.05) is 26.4 Å². The van der Waals surface area contributed by atoms with Crippen LogP contribution >= 0.6 is 11.6 Å². The zero-order chi connectivity index (χ0) is 13.0. The Labute approximate surface area is 111 Å². The van der Waals surface area contributed by atoms with Gasteiger partial charge in [-0.1, -0.05) is 17.7 Å². The van der Waals surface area contributed by atoms with E-state index in [4.69, 9.17) is 21.1 Å². The molecule has 0 radical (unpaired) electrons. The van der Waals surface area contributed by atoms with Crippen molar-refractivity contribution in [2.45, 2.75) is 19.1 Å². The summed E-state index contributed by atoms with van der Waals surface area (Å²) in [5, 5.41) is 3.48. The molecule has 3 nitrogen and oxygen atoms in total. The number of ether oxygens (including phenoxy) is 2. The molecule has 1 heterocycles. The van der Waals surface area contributed by atoms with Crippen LogP contribution < -0.4 is 5.32 Å². The summed E-state index contributed by atoms with van der Waals surface area (Å²) in [6.07, 6.45) is 0.0807. The maximum Gasteiger partial charge on any atom is 0.141 e. The Balaban J connectivity index is 1.86. The molecule has 1 fully saturated rings. The fourth-order valence-electron chi connectivity index (χ4n) is 1.86. The SMILES string of the molecule is CC(NCC1COCCO1)c1ccc(F)c(Cl)c1. The van der Waals surface area contributed by atoms with Crippen LogP contribution in [0, 0.1) is 5.82 Å². The van der Waals surface area contributed by atoms with Crippen LogP contribution in [0.1, 0.15) is 18.5 Å². The van der Waals surface area contributed by atoms with E-state index in [0.29, 0.717) is 26.4 Å². The third kappa shape index (κ3) is 3.65. The molecule has 1 N–H and O–H groups in total. The molecular formula is C13H17ClFNO2. The van der Waals surface area contributed by atoms with E-state index in [-0.39, 0.29) is 17.2 Å². The Morgan fingerprint density at radius 2 is 2.33 bits per heavy atom. The molecule has 0 spiro atoms. The zero-order valence-electron chi connectivity index (χ0n) is 10.3. The molecule has 1 aromatic carbocycles. The van der Waals surface area contributed by atoms with Gasteiger partial charge >= 0.3 is 0 Å². The third-order valence-electron chi connectivity index (χ3n) is 2.98. The van der Waals surface area contributed by atoms with E-state index in [1.165, 1.54) is 6.07 Å². The Bertz CT molecular complexity index is 397. The Morgan fingerprint density at radius 3 is 3.00 bits per heavy atom. The van der Waals surface area contributed by atoms with E-state index in [1.54, 1.807) is 12.1 Å². The summed E-state index contributed by atoms with van der Waals surface area (Å²) >= 11 is 5.76. The van der Waals surface area contributed by atoms with Crippen LogP contribution in [-0.2, 0) is 9.47 Å². The van der Waals surface area contributed by atoms with Crippen LogP contribution in [-0.4, -0.2) is 32.5 Å². The van der Waals surface area contributed by atoms with Crippen LogP contribution in [0.5, 0.6) is 0 Å². The molecule has 0 saturated carbocycles. The zero-order valence-corrected chi connectivity index (χ0v) is 11.0. The van der Waals surface area contributed by atoms with Gasteiger partial charge in [-0.05, 0) is 24.6 Å². The van der Waals surface area contributed by atoms with Crippen LogP contribution in [0.4, 0.5) is 4.39 Å².